The predicted octanol–water partition coefficient (Wildman–Crippen LogP) is 5.69. The van der Waals surface area contributed by atoms with Crippen molar-refractivity contribution in [2.24, 2.45) is 0 Å². The number of nitrogens with zero attached hydrogens (tertiary/aromatic N) is 4. The van der Waals surface area contributed by atoms with Gasteiger partial charge in [0.2, 0.25) is 5.91 Å². The molecule has 1 aromatic carbocycles. The number of carbonyl (C=O) groups is 1. The van der Waals surface area contributed by atoms with Gasteiger partial charge in [0.1, 0.15) is 11.3 Å². The van der Waals surface area contributed by atoms with Gasteiger partial charge < -0.3 is 14.8 Å². The van der Waals surface area contributed by atoms with Crippen molar-refractivity contribution in [3.05, 3.63) is 70.3 Å². The minimum absolute atomic E-state index is 0. The normalized spacial score (nSPS) is 10.8. The molecule has 1 amide bonds. The highest BCUT2D eigenvalue weighted by molar-refractivity contribution is 7.09. The molecule has 8 heteroatoms. The van der Waals surface area contributed by atoms with E-state index in [1.807, 2.05) is 31.2 Å². The fourth-order valence-corrected chi connectivity index (χ4v) is 4.63. The monoisotopic (exact) mass is 483 g/mol. The number of pyridine rings is 1. The Bertz CT molecular complexity index is 1200. The molecular weight excluding hydrogens is 454 g/mol. The van der Waals surface area contributed by atoms with E-state index in [0.717, 1.165) is 41.3 Å². The molecule has 174 valence electrons. The quantitative estimate of drug-likeness (QED) is 0.332. The Balaban J connectivity index is 0.00000306. The van der Waals surface area contributed by atoms with Crippen molar-refractivity contribution in [3.63, 3.8) is 0 Å². The molecule has 0 saturated carbocycles. The standard InChI is InChI=1S/C25H29N5OS.ClH/c1-4-29(5-2)19-10-11-21(18(3)16-19)28-24(31)13-12-23-27-22-9-6-14-26-25(22)30(23)17-20-8-7-15-32-20;/h6-11,14-16H,4-5,12-13,17H2,1-3H3,(H,28,31);1H. The van der Waals surface area contributed by atoms with E-state index in [9.17, 15) is 4.79 Å². The Morgan fingerprint density at radius 2 is 1.97 bits per heavy atom. The fraction of sp³-hybridized carbons (Fsp3) is 0.320. The van der Waals surface area contributed by atoms with Crippen molar-refractivity contribution in [2.75, 3.05) is 23.3 Å². The lowest BCUT2D eigenvalue weighted by molar-refractivity contribution is -0.116. The summed E-state index contributed by atoms with van der Waals surface area (Å²) in [4.78, 5) is 25.6. The number of nitrogens with one attached hydrogen (secondary N) is 1. The van der Waals surface area contributed by atoms with Gasteiger partial charge in [0, 0.05) is 48.4 Å². The molecule has 4 rings (SSSR count). The van der Waals surface area contributed by atoms with E-state index < -0.39 is 0 Å². The number of halogens is 1. The summed E-state index contributed by atoms with van der Waals surface area (Å²) in [7, 11) is 0. The van der Waals surface area contributed by atoms with Gasteiger partial charge in [-0.1, -0.05) is 6.07 Å². The van der Waals surface area contributed by atoms with Crippen molar-refractivity contribution in [2.45, 2.75) is 40.2 Å². The highest BCUT2D eigenvalue weighted by Crippen LogP contribution is 2.23. The molecule has 0 aliphatic carbocycles. The highest BCUT2D eigenvalue weighted by Gasteiger charge is 2.15. The Kier molecular flexibility index (Phi) is 8.47. The molecule has 0 aliphatic heterocycles. The first-order valence-electron chi connectivity index (χ1n) is 11.1. The molecule has 1 N–H and O–H groups in total. The van der Waals surface area contributed by atoms with Gasteiger partial charge in [-0.25, -0.2) is 9.97 Å². The molecule has 3 heterocycles. The Hall–Kier alpha value is -2.90. The first-order chi connectivity index (χ1) is 15.6. The Morgan fingerprint density at radius 1 is 1.15 bits per heavy atom. The van der Waals surface area contributed by atoms with Crippen LogP contribution in [0.3, 0.4) is 0 Å². The number of fused-ring (bicyclic) bond motifs is 1. The van der Waals surface area contributed by atoms with Crippen molar-refractivity contribution in [1.82, 2.24) is 14.5 Å². The zero-order valence-corrected chi connectivity index (χ0v) is 20.9. The van der Waals surface area contributed by atoms with Crippen LogP contribution >= 0.6 is 23.7 Å². The largest absolute Gasteiger partial charge is 0.372 e. The minimum atomic E-state index is -0.00798. The van der Waals surface area contributed by atoms with E-state index in [0.29, 0.717) is 19.4 Å². The van der Waals surface area contributed by atoms with Crippen LogP contribution in [-0.4, -0.2) is 33.5 Å². The number of imidazole rings is 1. The van der Waals surface area contributed by atoms with Crippen LogP contribution in [0.1, 0.15) is 36.5 Å². The first-order valence-corrected chi connectivity index (χ1v) is 11.9. The van der Waals surface area contributed by atoms with E-state index in [2.05, 4.69) is 57.2 Å². The van der Waals surface area contributed by atoms with Gasteiger partial charge in [-0.2, -0.15) is 0 Å². The van der Waals surface area contributed by atoms with Crippen LogP contribution in [0.5, 0.6) is 0 Å². The van der Waals surface area contributed by atoms with Gasteiger partial charge in [0.05, 0.1) is 6.54 Å². The molecule has 0 fully saturated rings. The van der Waals surface area contributed by atoms with E-state index >= 15 is 0 Å². The SMILES string of the molecule is CCN(CC)c1ccc(NC(=O)CCc2nc3cccnc3n2Cc2cccs2)c(C)c1.Cl. The number of anilines is 2. The summed E-state index contributed by atoms with van der Waals surface area (Å²) in [6, 6.07) is 14.2. The van der Waals surface area contributed by atoms with Crippen LogP contribution < -0.4 is 10.2 Å². The molecule has 0 radical (unpaired) electrons. The van der Waals surface area contributed by atoms with Crippen LogP contribution in [0, 0.1) is 6.92 Å². The summed E-state index contributed by atoms with van der Waals surface area (Å²) < 4.78 is 2.12. The minimum Gasteiger partial charge on any atom is -0.372 e. The number of amides is 1. The summed E-state index contributed by atoms with van der Waals surface area (Å²) in [6.07, 6.45) is 2.71. The van der Waals surface area contributed by atoms with Crippen molar-refractivity contribution < 1.29 is 4.79 Å². The fourth-order valence-electron chi connectivity index (χ4n) is 3.93. The second-order valence-corrected chi connectivity index (χ2v) is 8.79. The molecule has 0 unspecified atom stereocenters. The number of hydrogen-bond donors (Lipinski definition) is 1. The number of hydrogen-bond acceptors (Lipinski definition) is 5. The summed E-state index contributed by atoms with van der Waals surface area (Å²) >= 11 is 1.71. The van der Waals surface area contributed by atoms with E-state index in [4.69, 9.17) is 4.98 Å². The number of aryl methyl sites for hydroxylation is 2. The molecule has 6 nitrogen and oxygen atoms in total. The smallest absolute Gasteiger partial charge is 0.224 e. The van der Waals surface area contributed by atoms with Crippen molar-refractivity contribution >= 4 is 52.2 Å². The zero-order chi connectivity index (χ0) is 22.5. The van der Waals surface area contributed by atoms with Gasteiger partial charge in [-0.05, 0) is 68.1 Å². The van der Waals surface area contributed by atoms with E-state index in [-0.39, 0.29) is 18.3 Å². The lowest BCUT2D eigenvalue weighted by Gasteiger charge is -2.22. The highest BCUT2D eigenvalue weighted by atomic mass is 35.5. The lowest BCUT2D eigenvalue weighted by Crippen LogP contribution is -2.22. The lowest BCUT2D eigenvalue weighted by atomic mass is 10.1. The molecule has 0 bridgehead atoms. The Morgan fingerprint density at radius 3 is 2.67 bits per heavy atom. The number of rotatable bonds is 9. The van der Waals surface area contributed by atoms with Crippen LogP contribution in [0.2, 0.25) is 0 Å². The van der Waals surface area contributed by atoms with Crippen LogP contribution in [0.15, 0.2) is 54.0 Å². The number of aromatic nitrogens is 3. The van der Waals surface area contributed by atoms with Crippen LogP contribution in [0.4, 0.5) is 11.4 Å². The molecule has 3 aromatic heterocycles. The summed E-state index contributed by atoms with van der Waals surface area (Å²) in [5.74, 6) is 0.877. The zero-order valence-electron chi connectivity index (χ0n) is 19.2. The topological polar surface area (TPSA) is 63.1 Å². The average molecular weight is 484 g/mol. The number of thiophene rings is 1. The van der Waals surface area contributed by atoms with Gasteiger partial charge in [0.25, 0.3) is 0 Å². The summed E-state index contributed by atoms with van der Waals surface area (Å²) in [5, 5.41) is 5.15. The molecule has 0 atom stereocenters. The van der Waals surface area contributed by atoms with E-state index in [1.165, 1.54) is 10.6 Å². The molecule has 0 spiro atoms. The second kappa shape index (κ2) is 11.3. The maximum atomic E-state index is 12.7. The molecule has 33 heavy (non-hydrogen) atoms. The Labute approximate surface area is 205 Å². The van der Waals surface area contributed by atoms with Gasteiger partial charge >= 0.3 is 0 Å². The van der Waals surface area contributed by atoms with Crippen molar-refractivity contribution in [1.29, 1.82) is 0 Å². The molecule has 0 aliphatic rings. The van der Waals surface area contributed by atoms with E-state index in [1.54, 1.807) is 17.5 Å². The van der Waals surface area contributed by atoms with Crippen LogP contribution in [0.25, 0.3) is 11.2 Å². The number of benzene rings is 1. The maximum Gasteiger partial charge on any atom is 0.224 e. The third kappa shape index (κ3) is 5.72. The molecule has 4 aromatic rings. The third-order valence-electron chi connectivity index (χ3n) is 5.67. The summed E-state index contributed by atoms with van der Waals surface area (Å²) in [6.45, 7) is 8.97. The average Bonchev–Trinajstić information content (AvgIpc) is 3.43. The number of carbonyl (C=O) groups excluding carboxylic acids is 1. The van der Waals surface area contributed by atoms with Gasteiger partial charge in [-0.15, -0.1) is 23.7 Å². The third-order valence-corrected chi connectivity index (χ3v) is 6.53. The maximum absolute atomic E-state index is 12.7. The predicted molar refractivity (Wildman–Crippen MR) is 140 cm³/mol. The second-order valence-electron chi connectivity index (χ2n) is 7.76. The first kappa shape index (κ1) is 24.7. The van der Waals surface area contributed by atoms with Gasteiger partial charge in [0.15, 0.2) is 5.65 Å². The molecule has 0 saturated heterocycles. The van der Waals surface area contributed by atoms with Gasteiger partial charge in [-0.3, -0.25) is 4.79 Å². The van der Waals surface area contributed by atoms with Crippen molar-refractivity contribution in [3.8, 4) is 0 Å². The summed E-state index contributed by atoms with van der Waals surface area (Å²) in [5.41, 5.74) is 4.83. The molecular formula is C25H30ClN5OS. The van der Waals surface area contributed by atoms with Crippen LogP contribution in [-0.2, 0) is 17.8 Å².